The number of thiocarbonyl (C=S) groups is 1. The first-order chi connectivity index (χ1) is 12.1. The summed E-state index contributed by atoms with van der Waals surface area (Å²) in [6.07, 6.45) is 0.848. The fraction of sp³-hybridized carbons (Fsp3) is 0.316. The monoisotopic (exact) mass is 360 g/mol. The summed E-state index contributed by atoms with van der Waals surface area (Å²) >= 11 is 5.46. The smallest absolute Gasteiger partial charge is 0.173 e. The second kappa shape index (κ2) is 9.13. The van der Waals surface area contributed by atoms with Gasteiger partial charge in [-0.1, -0.05) is 6.07 Å². The van der Waals surface area contributed by atoms with Crippen LogP contribution < -0.4 is 19.5 Å². The van der Waals surface area contributed by atoms with E-state index in [0.29, 0.717) is 5.11 Å². The standard InChI is InChI=1S/C19H24N2O3S/c1-21(19(25)20-15-6-8-16(22-2)9-7-15)12-11-14-5-10-17(23-3)18(13-14)24-4/h5-10,13H,11-12H2,1-4H3,(H,20,25). The molecular weight excluding hydrogens is 336 g/mol. The highest BCUT2D eigenvalue weighted by Crippen LogP contribution is 2.27. The fourth-order valence-corrected chi connectivity index (χ4v) is 2.54. The third kappa shape index (κ3) is 5.26. The van der Waals surface area contributed by atoms with Crippen molar-refractivity contribution in [2.24, 2.45) is 0 Å². The Kier molecular flexibility index (Phi) is 6.89. The molecule has 0 aliphatic heterocycles. The van der Waals surface area contributed by atoms with Crippen molar-refractivity contribution >= 4 is 23.0 Å². The number of likely N-dealkylation sites (N-methyl/N-ethyl adjacent to an activating group) is 1. The topological polar surface area (TPSA) is 43.0 Å². The van der Waals surface area contributed by atoms with Crippen LogP contribution >= 0.6 is 12.2 Å². The Hall–Kier alpha value is -2.47. The molecule has 5 nitrogen and oxygen atoms in total. The summed E-state index contributed by atoms with van der Waals surface area (Å²) in [5.41, 5.74) is 2.10. The number of hydrogen-bond donors (Lipinski definition) is 1. The molecule has 0 saturated carbocycles. The van der Waals surface area contributed by atoms with E-state index in [-0.39, 0.29) is 0 Å². The van der Waals surface area contributed by atoms with Gasteiger partial charge in [-0.25, -0.2) is 0 Å². The van der Waals surface area contributed by atoms with Crippen molar-refractivity contribution in [3.63, 3.8) is 0 Å². The summed E-state index contributed by atoms with van der Waals surface area (Å²) in [6.45, 7) is 0.789. The number of benzene rings is 2. The number of anilines is 1. The molecule has 2 aromatic rings. The number of rotatable bonds is 7. The molecule has 134 valence electrons. The van der Waals surface area contributed by atoms with Gasteiger partial charge in [0.2, 0.25) is 0 Å². The predicted octanol–water partition coefficient (Wildman–Crippen LogP) is 3.58. The molecule has 2 aromatic carbocycles. The highest BCUT2D eigenvalue weighted by molar-refractivity contribution is 7.80. The zero-order valence-electron chi connectivity index (χ0n) is 15.0. The molecular formula is C19H24N2O3S. The van der Waals surface area contributed by atoms with E-state index in [0.717, 1.165) is 41.5 Å². The van der Waals surface area contributed by atoms with E-state index >= 15 is 0 Å². The van der Waals surface area contributed by atoms with Gasteiger partial charge in [-0.05, 0) is 60.6 Å². The molecule has 2 rings (SSSR count). The second-order valence-electron chi connectivity index (χ2n) is 5.52. The van der Waals surface area contributed by atoms with Crippen LogP contribution in [0.15, 0.2) is 42.5 Å². The van der Waals surface area contributed by atoms with E-state index in [9.17, 15) is 0 Å². The van der Waals surface area contributed by atoms with Crippen LogP contribution in [0.25, 0.3) is 0 Å². The van der Waals surface area contributed by atoms with Crippen LogP contribution in [0.1, 0.15) is 5.56 Å². The van der Waals surface area contributed by atoms with Crippen LogP contribution in [0.5, 0.6) is 17.2 Å². The van der Waals surface area contributed by atoms with Gasteiger partial charge in [-0.2, -0.15) is 0 Å². The minimum atomic E-state index is 0.672. The van der Waals surface area contributed by atoms with Crippen molar-refractivity contribution in [2.75, 3.05) is 40.2 Å². The quantitative estimate of drug-likeness (QED) is 0.762. The molecule has 0 aliphatic carbocycles. The van der Waals surface area contributed by atoms with E-state index in [1.165, 1.54) is 0 Å². The van der Waals surface area contributed by atoms with Gasteiger partial charge in [-0.3, -0.25) is 0 Å². The molecule has 0 heterocycles. The molecule has 0 radical (unpaired) electrons. The number of nitrogens with one attached hydrogen (secondary N) is 1. The lowest BCUT2D eigenvalue weighted by Crippen LogP contribution is -2.32. The maximum absolute atomic E-state index is 5.46. The lowest BCUT2D eigenvalue weighted by atomic mass is 10.1. The van der Waals surface area contributed by atoms with Crippen LogP contribution in [0, 0.1) is 0 Å². The SMILES string of the molecule is COc1ccc(NC(=S)N(C)CCc2ccc(OC)c(OC)c2)cc1. The minimum Gasteiger partial charge on any atom is -0.497 e. The zero-order valence-corrected chi connectivity index (χ0v) is 15.9. The Morgan fingerprint density at radius 3 is 2.24 bits per heavy atom. The van der Waals surface area contributed by atoms with Gasteiger partial charge in [0.15, 0.2) is 16.6 Å². The Morgan fingerprint density at radius 2 is 1.64 bits per heavy atom. The lowest BCUT2D eigenvalue weighted by molar-refractivity contribution is 0.354. The first-order valence-corrected chi connectivity index (χ1v) is 8.35. The van der Waals surface area contributed by atoms with Gasteiger partial charge in [-0.15, -0.1) is 0 Å². The summed E-state index contributed by atoms with van der Waals surface area (Å²) < 4.78 is 15.8. The van der Waals surface area contributed by atoms with E-state index in [1.54, 1.807) is 21.3 Å². The van der Waals surface area contributed by atoms with Crippen molar-refractivity contribution < 1.29 is 14.2 Å². The molecule has 0 aromatic heterocycles. The average molecular weight is 360 g/mol. The molecule has 0 amide bonds. The predicted molar refractivity (Wildman–Crippen MR) is 105 cm³/mol. The molecule has 0 unspecified atom stereocenters. The Morgan fingerprint density at radius 1 is 0.960 bits per heavy atom. The number of ether oxygens (including phenoxy) is 3. The van der Waals surface area contributed by atoms with Crippen molar-refractivity contribution in [2.45, 2.75) is 6.42 Å². The van der Waals surface area contributed by atoms with Gasteiger partial charge in [0.25, 0.3) is 0 Å². The number of methoxy groups -OCH3 is 3. The van der Waals surface area contributed by atoms with E-state index in [2.05, 4.69) is 5.32 Å². The summed E-state index contributed by atoms with van der Waals surface area (Å²) in [7, 11) is 6.89. The molecule has 0 atom stereocenters. The van der Waals surface area contributed by atoms with Crippen molar-refractivity contribution in [3.8, 4) is 17.2 Å². The van der Waals surface area contributed by atoms with Crippen molar-refractivity contribution in [3.05, 3.63) is 48.0 Å². The summed E-state index contributed by atoms with van der Waals surface area (Å²) in [5.74, 6) is 2.29. The summed E-state index contributed by atoms with van der Waals surface area (Å²) in [6, 6.07) is 13.6. The molecule has 0 fully saturated rings. The maximum Gasteiger partial charge on any atom is 0.173 e. The van der Waals surface area contributed by atoms with Gasteiger partial charge < -0.3 is 24.4 Å². The molecule has 0 saturated heterocycles. The third-order valence-corrected chi connectivity index (χ3v) is 4.29. The van der Waals surface area contributed by atoms with Gasteiger partial charge in [0.1, 0.15) is 5.75 Å². The van der Waals surface area contributed by atoms with E-state index in [4.69, 9.17) is 26.4 Å². The molecule has 0 aliphatic rings. The Labute approximate surface area is 154 Å². The molecule has 1 N–H and O–H groups in total. The van der Waals surface area contributed by atoms with Crippen LogP contribution in [-0.4, -0.2) is 44.9 Å². The fourth-order valence-electron chi connectivity index (χ4n) is 2.33. The normalized spacial score (nSPS) is 10.1. The number of hydrogen-bond acceptors (Lipinski definition) is 4. The highest BCUT2D eigenvalue weighted by Gasteiger charge is 2.08. The highest BCUT2D eigenvalue weighted by atomic mass is 32.1. The molecule has 6 heteroatoms. The van der Waals surface area contributed by atoms with E-state index in [1.807, 2.05) is 54.4 Å². The Balaban J connectivity index is 1.90. The third-order valence-electron chi connectivity index (χ3n) is 3.87. The van der Waals surface area contributed by atoms with Crippen LogP contribution in [0.4, 0.5) is 5.69 Å². The second-order valence-corrected chi connectivity index (χ2v) is 5.91. The van der Waals surface area contributed by atoms with Crippen molar-refractivity contribution in [1.29, 1.82) is 0 Å². The lowest BCUT2D eigenvalue weighted by Gasteiger charge is -2.21. The minimum absolute atomic E-state index is 0.672. The van der Waals surface area contributed by atoms with Crippen LogP contribution in [-0.2, 0) is 6.42 Å². The first-order valence-electron chi connectivity index (χ1n) is 7.94. The van der Waals surface area contributed by atoms with Gasteiger partial charge in [0.05, 0.1) is 21.3 Å². The van der Waals surface area contributed by atoms with E-state index < -0.39 is 0 Å². The molecule has 25 heavy (non-hydrogen) atoms. The first kappa shape index (κ1) is 18.9. The molecule has 0 spiro atoms. The Bertz CT molecular complexity index is 704. The maximum atomic E-state index is 5.46. The summed E-state index contributed by atoms with van der Waals surface area (Å²) in [4.78, 5) is 2.01. The van der Waals surface area contributed by atoms with Crippen molar-refractivity contribution in [1.82, 2.24) is 4.90 Å². The van der Waals surface area contributed by atoms with Crippen LogP contribution in [0.3, 0.4) is 0 Å². The number of nitrogens with zero attached hydrogens (tertiary/aromatic N) is 1. The van der Waals surface area contributed by atoms with Crippen LogP contribution in [0.2, 0.25) is 0 Å². The summed E-state index contributed by atoms with van der Waals surface area (Å²) in [5, 5.41) is 3.90. The largest absolute Gasteiger partial charge is 0.497 e. The van der Waals surface area contributed by atoms with Gasteiger partial charge in [0, 0.05) is 19.3 Å². The zero-order chi connectivity index (χ0) is 18.2. The molecule has 0 bridgehead atoms. The van der Waals surface area contributed by atoms with Gasteiger partial charge >= 0.3 is 0 Å². The average Bonchev–Trinajstić information content (AvgIpc) is 2.66.